The average molecular weight is 271 g/mol. The van der Waals surface area contributed by atoms with Gasteiger partial charge in [0.1, 0.15) is 5.00 Å². The van der Waals surface area contributed by atoms with Crippen LogP contribution in [0, 0.1) is 5.92 Å². The van der Waals surface area contributed by atoms with Crippen molar-refractivity contribution < 1.29 is 0 Å². The Morgan fingerprint density at radius 1 is 1.41 bits per heavy atom. The summed E-state index contributed by atoms with van der Waals surface area (Å²) in [6.07, 6.45) is 9.06. The number of nitrogens with zero attached hydrogens (tertiary/aromatic N) is 2. The van der Waals surface area contributed by atoms with Crippen molar-refractivity contribution in [1.29, 1.82) is 0 Å². The first-order valence-electron chi connectivity index (χ1n) is 6.22. The summed E-state index contributed by atoms with van der Waals surface area (Å²) in [6.45, 7) is 1.15. The van der Waals surface area contributed by atoms with Crippen LogP contribution < -0.4 is 10.6 Å². The van der Waals surface area contributed by atoms with Gasteiger partial charge in [-0.2, -0.15) is 4.37 Å². The number of thioether (sulfide) groups is 1. The standard InChI is InChI=1S/C12H21N3S2/c1-15(8-9-6-4-3-5-7-9)12-10(16-2)11(13)14-17-12/h9H,3-8H2,1-2H3,(H2,13,14). The molecule has 1 aliphatic rings. The van der Waals surface area contributed by atoms with E-state index < -0.39 is 0 Å². The molecule has 2 rings (SSSR count). The van der Waals surface area contributed by atoms with Crippen molar-refractivity contribution in [3.05, 3.63) is 0 Å². The van der Waals surface area contributed by atoms with Crippen molar-refractivity contribution in [3.63, 3.8) is 0 Å². The summed E-state index contributed by atoms with van der Waals surface area (Å²) in [7, 11) is 2.17. The number of hydrogen-bond acceptors (Lipinski definition) is 5. The van der Waals surface area contributed by atoms with Gasteiger partial charge in [-0.05, 0) is 36.5 Å². The molecule has 0 radical (unpaired) electrons. The molecule has 1 saturated carbocycles. The summed E-state index contributed by atoms with van der Waals surface area (Å²) in [5.41, 5.74) is 5.87. The van der Waals surface area contributed by atoms with Gasteiger partial charge in [-0.1, -0.05) is 19.3 Å². The summed E-state index contributed by atoms with van der Waals surface area (Å²) in [4.78, 5) is 3.49. The third-order valence-corrected chi connectivity index (χ3v) is 5.38. The highest BCUT2D eigenvalue weighted by Crippen LogP contribution is 2.37. The highest BCUT2D eigenvalue weighted by atomic mass is 32.2. The zero-order chi connectivity index (χ0) is 12.3. The van der Waals surface area contributed by atoms with Gasteiger partial charge in [0.2, 0.25) is 0 Å². The van der Waals surface area contributed by atoms with Crippen LogP contribution in [-0.4, -0.2) is 24.2 Å². The Morgan fingerprint density at radius 3 is 2.76 bits per heavy atom. The molecule has 3 nitrogen and oxygen atoms in total. The lowest BCUT2D eigenvalue weighted by atomic mass is 9.89. The minimum Gasteiger partial charge on any atom is -0.382 e. The maximum atomic E-state index is 5.87. The van der Waals surface area contributed by atoms with Gasteiger partial charge in [0.05, 0.1) is 4.90 Å². The van der Waals surface area contributed by atoms with Crippen molar-refractivity contribution in [2.75, 3.05) is 30.5 Å². The van der Waals surface area contributed by atoms with E-state index in [0.717, 1.165) is 17.4 Å². The van der Waals surface area contributed by atoms with Crippen molar-refractivity contribution in [2.24, 2.45) is 5.92 Å². The molecule has 96 valence electrons. The summed E-state index contributed by atoms with van der Waals surface area (Å²) >= 11 is 3.23. The first-order valence-corrected chi connectivity index (χ1v) is 8.22. The van der Waals surface area contributed by atoms with Gasteiger partial charge in [0.15, 0.2) is 5.82 Å². The maximum Gasteiger partial charge on any atom is 0.153 e. The largest absolute Gasteiger partial charge is 0.382 e. The van der Waals surface area contributed by atoms with E-state index in [-0.39, 0.29) is 0 Å². The molecule has 0 spiro atoms. The van der Waals surface area contributed by atoms with Crippen LogP contribution in [0.4, 0.5) is 10.8 Å². The predicted octanol–water partition coefficient (Wildman–Crippen LogP) is 3.46. The molecule has 2 N–H and O–H groups in total. The van der Waals surface area contributed by atoms with E-state index in [2.05, 4.69) is 22.6 Å². The summed E-state index contributed by atoms with van der Waals surface area (Å²) < 4.78 is 4.26. The SMILES string of the molecule is CSc1c(N)nsc1N(C)CC1CCCCC1. The highest BCUT2D eigenvalue weighted by molar-refractivity contribution is 7.99. The minimum absolute atomic E-state index is 0.688. The van der Waals surface area contributed by atoms with E-state index in [0.29, 0.717) is 5.82 Å². The van der Waals surface area contributed by atoms with E-state index in [4.69, 9.17) is 5.73 Å². The normalized spacial score (nSPS) is 17.3. The van der Waals surface area contributed by atoms with Gasteiger partial charge in [0, 0.05) is 13.6 Å². The fourth-order valence-electron chi connectivity index (χ4n) is 2.56. The van der Waals surface area contributed by atoms with E-state index >= 15 is 0 Å². The van der Waals surface area contributed by atoms with Crippen molar-refractivity contribution in [2.45, 2.75) is 37.0 Å². The predicted molar refractivity (Wildman–Crippen MR) is 78.2 cm³/mol. The van der Waals surface area contributed by atoms with Gasteiger partial charge in [0.25, 0.3) is 0 Å². The number of nitrogen functional groups attached to an aromatic ring is 1. The van der Waals surface area contributed by atoms with Crippen LogP contribution in [0.2, 0.25) is 0 Å². The Morgan fingerprint density at radius 2 is 2.12 bits per heavy atom. The summed E-state index contributed by atoms with van der Waals surface area (Å²) in [6, 6.07) is 0. The van der Waals surface area contributed by atoms with Crippen LogP contribution in [0.3, 0.4) is 0 Å². The number of nitrogens with two attached hydrogens (primary N) is 1. The second kappa shape index (κ2) is 5.96. The third kappa shape index (κ3) is 3.07. The molecule has 1 aromatic heterocycles. The lowest BCUT2D eigenvalue weighted by molar-refractivity contribution is 0.362. The quantitative estimate of drug-likeness (QED) is 0.852. The molecule has 0 amide bonds. The molecule has 1 aliphatic carbocycles. The average Bonchev–Trinajstić information content (AvgIpc) is 2.71. The molecule has 17 heavy (non-hydrogen) atoms. The Kier molecular flexibility index (Phi) is 4.56. The molecule has 0 atom stereocenters. The maximum absolute atomic E-state index is 5.87. The van der Waals surface area contributed by atoms with Crippen LogP contribution >= 0.6 is 23.3 Å². The van der Waals surface area contributed by atoms with E-state index in [1.807, 2.05) is 0 Å². The van der Waals surface area contributed by atoms with Crippen molar-refractivity contribution in [3.8, 4) is 0 Å². The first-order chi connectivity index (χ1) is 8.22. The lowest BCUT2D eigenvalue weighted by Gasteiger charge is -2.27. The van der Waals surface area contributed by atoms with E-state index in [1.165, 1.54) is 48.6 Å². The molecule has 0 bridgehead atoms. The van der Waals surface area contributed by atoms with E-state index in [9.17, 15) is 0 Å². The zero-order valence-electron chi connectivity index (χ0n) is 10.6. The summed E-state index contributed by atoms with van der Waals surface area (Å²) in [5, 5.41) is 1.24. The van der Waals surface area contributed by atoms with E-state index in [1.54, 1.807) is 11.8 Å². The fraction of sp³-hybridized carbons (Fsp3) is 0.750. The van der Waals surface area contributed by atoms with Gasteiger partial charge in [-0.15, -0.1) is 11.8 Å². The second-order valence-electron chi connectivity index (χ2n) is 4.79. The van der Waals surface area contributed by atoms with Crippen LogP contribution in [0.5, 0.6) is 0 Å². The van der Waals surface area contributed by atoms with Crippen LogP contribution in [0.15, 0.2) is 4.90 Å². The Bertz CT molecular complexity index is 359. The molecule has 0 aliphatic heterocycles. The Balaban J connectivity index is 2.00. The summed E-state index contributed by atoms with van der Waals surface area (Å²) in [5.74, 6) is 1.54. The topological polar surface area (TPSA) is 42.1 Å². The highest BCUT2D eigenvalue weighted by Gasteiger charge is 2.19. The fourth-order valence-corrected chi connectivity index (χ4v) is 4.24. The molecule has 1 aromatic rings. The van der Waals surface area contributed by atoms with Gasteiger partial charge in [-0.25, -0.2) is 0 Å². The molecule has 5 heteroatoms. The molecular formula is C12H21N3S2. The third-order valence-electron chi connectivity index (χ3n) is 3.46. The molecule has 1 heterocycles. The lowest BCUT2D eigenvalue weighted by Crippen LogP contribution is -2.26. The van der Waals surface area contributed by atoms with Crippen molar-refractivity contribution in [1.82, 2.24) is 4.37 Å². The molecule has 1 fully saturated rings. The monoisotopic (exact) mass is 271 g/mol. The smallest absolute Gasteiger partial charge is 0.153 e. The van der Waals surface area contributed by atoms with Crippen LogP contribution in [-0.2, 0) is 0 Å². The van der Waals surface area contributed by atoms with Crippen LogP contribution in [0.1, 0.15) is 32.1 Å². The molecular weight excluding hydrogens is 250 g/mol. The van der Waals surface area contributed by atoms with Gasteiger partial charge >= 0.3 is 0 Å². The van der Waals surface area contributed by atoms with Crippen molar-refractivity contribution >= 4 is 34.1 Å². The van der Waals surface area contributed by atoms with Crippen LogP contribution in [0.25, 0.3) is 0 Å². The molecule has 0 unspecified atom stereocenters. The number of hydrogen-bond donors (Lipinski definition) is 1. The number of anilines is 2. The second-order valence-corrected chi connectivity index (χ2v) is 6.36. The zero-order valence-corrected chi connectivity index (χ0v) is 12.2. The van der Waals surface area contributed by atoms with Gasteiger partial charge < -0.3 is 10.6 Å². The first kappa shape index (κ1) is 13.0. The number of aromatic nitrogens is 1. The molecule has 0 saturated heterocycles. The van der Waals surface area contributed by atoms with Gasteiger partial charge in [-0.3, -0.25) is 0 Å². The molecule has 0 aromatic carbocycles. The number of rotatable bonds is 4. The Hall–Kier alpha value is -0.420. The minimum atomic E-state index is 0.688. The Labute approximate surface area is 112 Å².